The molecule has 0 fully saturated rings. The van der Waals surface area contributed by atoms with Crippen LogP contribution in [0.25, 0.3) is 0 Å². The Labute approximate surface area is 97.8 Å². The molecule has 2 rings (SSSR count). The molecule has 1 heterocycles. The van der Waals surface area contributed by atoms with Crippen LogP contribution in [-0.4, -0.2) is 18.6 Å². The molecule has 0 unspecified atom stereocenters. The number of carbonyl (C=O) groups is 1. The van der Waals surface area contributed by atoms with Crippen LogP contribution in [0.1, 0.15) is 24.5 Å². The van der Waals surface area contributed by atoms with Gasteiger partial charge in [0.15, 0.2) is 0 Å². The number of fused-ring (bicyclic) bond motifs is 1. The van der Waals surface area contributed by atoms with E-state index in [-0.39, 0.29) is 11.5 Å². The van der Waals surface area contributed by atoms with Crippen LogP contribution in [-0.2, 0) is 16.0 Å². The van der Waals surface area contributed by atoms with E-state index in [0.717, 1.165) is 5.56 Å². The number of rotatable bonds is 3. The number of benzene rings is 1. The van der Waals surface area contributed by atoms with Gasteiger partial charge >= 0.3 is 5.97 Å². The molecule has 92 valence electrons. The van der Waals surface area contributed by atoms with Gasteiger partial charge in [-0.3, -0.25) is 0 Å². The number of ether oxygens (including phenoxy) is 1. The highest BCUT2D eigenvalue weighted by molar-refractivity contribution is 5.83. The molecule has 0 spiro atoms. The Bertz CT molecular complexity index is 435. The third kappa shape index (κ3) is 2.38. The SMILES string of the molecule is CCOC(=O)[C@H]1Cc2ccc(C(F)F)cc2N1. The van der Waals surface area contributed by atoms with Crippen molar-refractivity contribution in [3.63, 3.8) is 0 Å². The fourth-order valence-electron chi connectivity index (χ4n) is 1.89. The van der Waals surface area contributed by atoms with E-state index >= 15 is 0 Å². The molecule has 1 aliphatic rings. The van der Waals surface area contributed by atoms with Gasteiger partial charge < -0.3 is 10.1 Å². The molecule has 1 aromatic rings. The number of hydrogen-bond acceptors (Lipinski definition) is 3. The van der Waals surface area contributed by atoms with Crippen LogP contribution in [0, 0.1) is 0 Å². The first-order valence-corrected chi connectivity index (χ1v) is 5.46. The molecule has 1 aromatic carbocycles. The van der Waals surface area contributed by atoms with Crippen molar-refractivity contribution in [2.45, 2.75) is 25.8 Å². The van der Waals surface area contributed by atoms with Crippen molar-refractivity contribution in [2.75, 3.05) is 11.9 Å². The molecule has 1 aliphatic heterocycles. The summed E-state index contributed by atoms with van der Waals surface area (Å²) in [6, 6.07) is 3.94. The quantitative estimate of drug-likeness (QED) is 0.826. The minimum absolute atomic E-state index is 0.0410. The van der Waals surface area contributed by atoms with E-state index in [1.54, 1.807) is 13.0 Å². The zero-order chi connectivity index (χ0) is 12.4. The highest BCUT2D eigenvalue weighted by Crippen LogP contribution is 2.30. The maximum Gasteiger partial charge on any atom is 0.328 e. The third-order valence-electron chi connectivity index (χ3n) is 2.71. The van der Waals surface area contributed by atoms with Gasteiger partial charge in [-0.1, -0.05) is 12.1 Å². The second kappa shape index (κ2) is 4.69. The van der Waals surface area contributed by atoms with Crippen molar-refractivity contribution < 1.29 is 18.3 Å². The van der Waals surface area contributed by atoms with Crippen LogP contribution in [0.2, 0.25) is 0 Å². The van der Waals surface area contributed by atoms with E-state index in [4.69, 9.17) is 4.74 Å². The Morgan fingerprint density at radius 1 is 1.59 bits per heavy atom. The molecule has 5 heteroatoms. The second-order valence-electron chi connectivity index (χ2n) is 3.87. The van der Waals surface area contributed by atoms with Crippen molar-refractivity contribution in [3.8, 4) is 0 Å². The standard InChI is InChI=1S/C12H13F2NO2/c1-2-17-12(16)10-5-7-3-4-8(11(13)14)6-9(7)15-10/h3-4,6,10-11,15H,2,5H2,1H3/t10-/m1/s1. The maximum atomic E-state index is 12.5. The van der Waals surface area contributed by atoms with E-state index in [2.05, 4.69) is 5.32 Å². The molecule has 0 aromatic heterocycles. The van der Waals surface area contributed by atoms with E-state index < -0.39 is 12.5 Å². The molecule has 1 atom stereocenters. The van der Waals surface area contributed by atoms with Crippen LogP contribution in [0.4, 0.5) is 14.5 Å². The molecule has 0 radical (unpaired) electrons. The Kier molecular flexibility index (Phi) is 3.26. The highest BCUT2D eigenvalue weighted by Gasteiger charge is 2.28. The molecule has 0 bridgehead atoms. The van der Waals surface area contributed by atoms with Crippen molar-refractivity contribution in [1.82, 2.24) is 0 Å². The van der Waals surface area contributed by atoms with Gasteiger partial charge in [-0.2, -0.15) is 0 Å². The van der Waals surface area contributed by atoms with Gasteiger partial charge in [-0.15, -0.1) is 0 Å². The summed E-state index contributed by atoms with van der Waals surface area (Å²) >= 11 is 0. The lowest BCUT2D eigenvalue weighted by molar-refractivity contribution is -0.143. The molecule has 17 heavy (non-hydrogen) atoms. The van der Waals surface area contributed by atoms with Gasteiger partial charge in [-0.25, -0.2) is 13.6 Å². The number of anilines is 1. The summed E-state index contributed by atoms with van der Waals surface area (Å²) in [6.45, 7) is 2.05. The van der Waals surface area contributed by atoms with Gasteiger partial charge in [0.05, 0.1) is 6.61 Å². The molecule has 0 aliphatic carbocycles. The lowest BCUT2D eigenvalue weighted by Crippen LogP contribution is -2.28. The van der Waals surface area contributed by atoms with Crippen LogP contribution >= 0.6 is 0 Å². The summed E-state index contributed by atoms with van der Waals surface area (Å²) in [5, 5.41) is 2.91. The lowest BCUT2D eigenvalue weighted by Gasteiger charge is -2.09. The summed E-state index contributed by atoms with van der Waals surface area (Å²) in [4.78, 5) is 11.5. The summed E-state index contributed by atoms with van der Waals surface area (Å²) in [6.07, 6.45) is -2.01. The van der Waals surface area contributed by atoms with Gasteiger partial charge in [-0.05, 0) is 18.6 Å². The predicted molar refractivity (Wildman–Crippen MR) is 59.1 cm³/mol. The number of nitrogens with one attached hydrogen (secondary N) is 1. The van der Waals surface area contributed by atoms with E-state index in [0.29, 0.717) is 18.7 Å². The topological polar surface area (TPSA) is 38.3 Å². The van der Waals surface area contributed by atoms with Crippen LogP contribution in [0.5, 0.6) is 0 Å². The number of hydrogen-bond donors (Lipinski definition) is 1. The van der Waals surface area contributed by atoms with Crippen LogP contribution in [0.15, 0.2) is 18.2 Å². The third-order valence-corrected chi connectivity index (χ3v) is 2.71. The number of carbonyl (C=O) groups excluding carboxylic acids is 1. The van der Waals surface area contributed by atoms with Gasteiger partial charge in [0.1, 0.15) is 6.04 Å². The zero-order valence-corrected chi connectivity index (χ0v) is 9.37. The summed E-state index contributed by atoms with van der Waals surface area (Å²) in [7, 11) is 0. The largest absolute Gasteiger partial charge is 0.464 e. The van der Waals surface area contributed by atoms with Crippen LogP contribution < -0.4 is 5.32 Å². The second-order valence-corrected chi connectivity index (χ2v) is 3.87. The Hall–Kier alpha value is -1.65. The summed E-state index contributed by atoms with van der Waals surface area (Å²) in [5.41, 5.74) is 1.43. The molecular weight excluding hydrogens is 228 g/mol. The first-order chi connectivity index (χ1) is 8.11. The van der Waals surface area contributed by atoms with Gasteiger partial charge in [0.2, 0.25) is 0 Å². The average molecular weight is 241 g/mol. The first-order valence-electron chi connectivity index (χ1n) is 5.46. The summed E-state index contributed by atoms with van der Waals surface area (Å²) in [5.74, 6) is -0.345. The van der Waals surface area contributed by atoms with Crippen LogP contribution in [0.3, 0.4) is 0 Å². The molecular formula is C12H13F2NO2. The molecule has 1 N–H and O–H groups in total. The van der Waals surface area contributed by atoms with Crippen molar-refractivity contribution in [1.29, 1.82) is 0 Å². The highest BCUT2D eigenvalue weighted by atomic mass is 19.3. The van der Waals surface area contributed by atoms with Crippen molar-refractivity contribution in [3.05, 3.63) is 29.3 Å². The average Bonchev–Trinajstić information content (AvgIpc) is 2.71. The number of alkyl halides is 2. The molecule has 0 amide bonds. The van der Waals surface area contributed by atoms with E-state index in [1.165, 1.54) is 12.1 Å². The zero-order valence-electron chi connectivity index (χ0n) is 9.37. The molecule has 3 nitrogen and oxygen atoms in total. The van der Waals surface area contributed by atoms with Crippen molar-refractivity contribution >= 4 is 11.7 Å². The normalized spacial score (nSPS) is 17.8. The molecule has 0 saturated heterocycles. The van der Waals surface area contributed by atoms with Crippen molar-refractivity contribution in [2.24, 2.45) is 0 Å². The number of esters is 1. The van der Waals surface area contributed by atoms with E-state index in [9.17, 15) is 13.6 Å². The number of halogens is 2. The Balaban J connectivity index is 2.14. The predicted octanol–water partition coefficient (Wildman–Crippen LogP) is 2.52. The van der Waals surface area contributed by atoms with Gasteiger partial charge in [0, 0.05) is 17.7 Å². The smallest absolute Gasteiger partial charge is 0.328 e. The fraction of sp³-hybridized carbons (Fsp3) is 0.417. The monoisotopic (exact) mass is 241 g/mol. The first kappa shape index (κ1) is 11.8. The van der Waals surface area contributed by atoms with E-state index in [1.807, 2.05) is 0 Å². The maximum absolute atomic E-state index is 12.5. The lowest BCUT2D eigenvalue weighted by atomic mass is 10.1. The Morgan fingerprint density at radius 3 is 3.00 bits per heavy atom. The minimum atomic E-state index is -2.50. The Morgan fingerprint density at radius 2 is 2.35 bits per heavy atom. The van der Waals surface area contributed by atoms with Gasteiger partial charge in [0.25, 0.3) is 6.43 Å². The minimum Gasteiger partial charge on any atom is -0.464 e. The summed E-state index contributed by atoms with van der Waals surface area (Å²) < 4.78 is 29.9. The fourth-order valence-corrected chi connectivity index (χ4v) is 1.89. The molecule has 0 saturated carbocycles.